The molecule has 0 unspecified atom stereocenters. The van der Waals surface area contributed by atoms with Gasteiger partial charge in [0.2, 0.25) is 0 Å². The van der Waals surface area contributed by atoms with E-state index in [0.29, 0.717) is 16.5 Å². The zero-order valence-corrected chi connectivity index (χ0v) is 12.2. The molecule has 0 atom stereocenters. The normalized spacial score (nSPS) is 15.0. The van der Waals surface area contributed by atoms with E-state index in [4.69, 9.17) is 5.73 Å². The number of nitrogens with one attached hydrogen (secondary N) is 2. The van der Waals surface area contributed by atoms with Crippen LogP contribution < -0.4 is 21.3 Å². The van der Waals surface area contributed by atoms with Crippen LogP contribution in [0.2, 0.25) is 0 Å². The molecule has 3 heterocycles. The Hall–Kier alpha value is -2.19. The van der Waals surface area contributed by atoms with Gasteiger partial charge in [-0.3, -0.25) is 9.78 Å². The average molecular weight is 304 g/mol. The summed E-state index contributed by atoms with van der Waals surface area (Å²) in [5.74, 6) is -0.271. The number of carbonyl (C=O) groups excluding carboxylic acids is 1. The van der Waals surface area contributed by atoms with E-state index < -0.39 is 0 Å². The summed E-state index contributed by atoms with van der Waals surface area (Å²) in [5.41, 5.74) is 7.55. The van der Waals surface area contributed by atoms with Gasteiger partial charge in [-0.25, -0.2) is 4.98 Å². The van der Waals surface area contributed by atoms with Gasteiger partial charge in [-0.15, -0.1) is 11.3 Å². The van der Waals surface area contributed by atoms with Crippen LogP contribution in [-0.2, 0) is 0 Å². The maximum Gasteiger partial charge on any atom is 0.275 e. The summed E-state index contributed by atoms with van der Waals surface area (Å²) in [7, 11) is 0. The van der Waals surface area contributed by atoms with Crippen molar-refractivity contribution in [2.75, 3.05) is 42.1 Å². The number of hydrogen-bond donors (Lipinski definition) is 3. The number of anilines is 3. The number of nitrogen functional groups attached to an aromatic ring is 1. The highest BCUT2D eigenvalue weighted by atomic mass is 32.1. The van der Waals surface area contributed by atoms with E-state index in [1.165, 1.54) is 11.3 Å². The highest BCUT2D eigenvalue weighted by molar-refractivity contribution is 7.13. The first-order chi connectivity index (χ1) is 10.2. The molecule has 0 radical (unpaired) electrons. The summed E-state index contributed by atoms with van der Waals surface area (Å²) in [6.07, 6.45) is 3.39. The van der Waals surface area contributed by atoms with Gasteiger partial charge in [0.25, 0.3) is 5.91 Å². The monoisotopic (exact) mass is 304 g/mol. The van der Waals surface area contributed by atoms with Crippen molar-refractivity contribution in [1.82, 2.24) is 15.3 Å². The van der Waals surface area contributed by atoms with Crippen molar-refractivity contribution < 1.29 is 4.79 Å². The number of rotatable bonds is 3. The van der Waals surface area contributed by atoms with Crippen LogP contribution in [0.3, 0.4) is 0 Å². The van der Waals surface area contributed by atoms with Crippen LogP contribution >= 0.6 is 11.3 Å². The predicted octanol–water partition coefficient (Wildman–Crippen LogP) is 0.782. The van der Waals surface area contributed by atoms with Gasteiger partial charge in [-0.2, -0.15) is 0 Å². The third-order valence-electron chi connectivity index (χ3n) is 3.26. The number of amides is 1. The van der Waals surface area contributed by atoms with Crippen molar-refractivity contribution in [2.24, 2.45) is 0 Å². The summed E-state index contributed by atoms with van der Waals surface area (Å²) in [4.78, 5) is 22.5. The lowest BCUT2D eigenvalue weighted by Gasteiger charge is -2.30. The van der Waals surface area contributed by atoms with E-state index in [2.05, 4.69) is 25.5 Å². The van der Waals surface area contributed by atoms with Gasteiger partial charge in [0.05, 0.1) is 17.6 Å². The third kappa shape index (κ3) is 3.11. The standard InChI is InChI=1S/C13H16N6OS/c14-13-18-10(8-21-13)12(20)17-9-7-16-2-1-11(9)19-5-3-15-4-6-19/h1-2,7-8,15H,3-6H2,(H2,14,18)(H,17,20). The van der Waals surface area contributed by atoms with E-state index in [-0.39, 0.29) is 5.91 Å². The topological polar surface area (TPSA) is 96.2 Å². The first-order valence-corrected chi connectivity index (χ1v) is 7.54. The Bertz CT molecular complexity index is 637. The molecule has 0 aromatic carbocycles. The summed E-state index contributed by atoms with van der Waals surface area (Å²) in [6, 6.07) is 1.91. The van der Waals surface area contributed by atoms with Crippen molar-refractivity contribution in [3.05, 3.63) is 29.5 Å². The first kappa shape index (κ1) is 13.8. The predicted molar refractivity (Wildman–Crippen MR) is 83.8 cm³/mol. The lowest BCUT2D eigenvalue weighted by Crippen LogP contribution is -2.43. The molecule has 8 heteroatoms. The van der Waals surface area contributed by atoms with Crippen LogP contribution in [0, 0.1) is 0 Å². The first-order valence-electron chi connectivity index (χ1n) is 6.66. The average Bonchev–Trinajstić information content (AvgIpc) is 2.95. The minimum Gasteiger partial charge on any atom is -0.375 e. The molecule has 21 heavy (non-hydrogen) atoms. The highest BCUT2D eigenvalue weighted by Gasteiger charge is 2.17. The van der Waals surface area contributed by atoms with Crippen LogP contribution in [0.4, 0.5) is 16.5 Å². The summed E-state index contributed by atoms with van der Waals surface area (Å²) in [5, 5.41) is 8.20. The molecule has 110 valence electrons. The maximum atomic E-state index is 12.2. The number of thiazole rings is 1. The maximum absolute atomic E-state index is 12.2. The fourth-order valence-electron chi connectivity index (χ4n) is 2.24. The van der Waals surface area contributed by atoms with E-state index in [1.54, 1.807) is 17.8 Å². The Labute approximate surface area is 126 Å². The van der Waals surface area contributed by atoms with Gasteiger partial charge in [0.1, 0.15) is 5.69 Å². The Morgan fingerprint density at radius 3 is 2.95 bits per heavy atom. The molecule has 0 saturated carbocycles. The van der Waals surface area contributed by atoms with Gasteiger partial charge < -0.3 is 21.3 Å². The van der Waals surface area contributed by atoms with E-state index in [9.17, 15) is 4.79 Å². The molecule has 3 rings (SSSR count). The van der Waals surface area contributed by atoms with Crippen LogP contribution in [0.5, 0.6) is 0 Å². The Morgan fingerprint density at radius 2 is 2.24 bits per heavy atom. The van der Waals surface area contributed by atoms with Crippen LogP contribution in [0.15, 0.2) is 23.8 Å². The minimum absolute atomic E-state index is 0.271. The molecule has 0 aliphatic carbocycles. The fourth-order valence-corrected chi connectivity index (χ4v) is 2.79. The number of piperazine rings is 1. The zero-order valence-electron chi connectivity index (χ0n) is 11.4. The molecule has 2 aromatic rings. The molecule has 2 aromatic heterocycles. The number of carbonyl (C=O) groups is 1. The van der Waals surface area contributed by atoms with Crippen LogP contribution in [0.25, 0.3) is 0 Å². The summed E-state index contributed by atoms with van der Waals surface area (Å²) < 4.78 is 0. The molecular formula is C13H16N6OS. The third-order valence-corrected chi connectivity index (χ3v) is 3.93. The second kappa shape index (κ2) is 6.06. The number of pyridine rings is 1. The molecule has 1 fully saturated rings. The molecule has 1 aliphatic rings. The molecule has 1 amide bonds. The van der Waals surface area contributed by atoms with Crippen molar-refractivity contribution in [3.8, 4) is 0 Å². The largest absolute Gasteiger partial charge is 0.375 e. The summed E-state index contributed by atoms with van der Waals surface area (Å²) in [6.45, 7) is 3.66. The van der Waals surface area contributed by atoms with E-state index in [1.807, 2.05) is 6.07 Å². The van der Waals surface area contributed by atoms with E-state index in [0.717, 1.165) is 31.9 Å². The van der Waals surface area contributed by atoms with Crippen molar-refractivity contribution in [3.63, 3.8) is 0 Å². The van der Waals surface area contributed by atoms with Crippen LogP contribution in [-0.4, -0.2) is 42.1 Å². The van der Waals surface area contributed by atoms with Gasteiger partial charge in [0.15, 0.2) is 5.13 Å². The Balaban J connectivity index is 1.80. The minimum atomic E-state index is -0.271. The molecule has 4 N–H and O–H groups in total. The van der Waals surface area contributed by atoms with Crippen molar-refractivity contribution in [1.29, 1.82) is 0 Å². The molecule has 1 saturated heterocycles. The SMILES string of the molecule is Nc1nc(C(=O)Nc2cnccc2N2CCNCC2)cs1. The number of aromatic nitrogens is 2. The number of nitrogens with zero attached hydrogens (tertiary/aromatic N) is 3. The number of nitrogens with two attached hydrogens (primary N) is 1. The van der Waals surface area contributed by atoms with Gasteiger partial charge in [-0.1, -0.05) is 0 Å². The van der Waals surface area contributed by atoms with Gasteiger partial charge in [-0.05, 0) is 6.07 Å². The molecule has 0 spiro atoms. The second-order valence-corrected chi connectivity index (χ2v) is 5.54. The lowest BCUT2D eigenvalue weighted by atomic mass is 10.2. The highest BCUT2D eigenvalue weighted by Crippen LogP contribution is 2.25. The molecular weight excluding hydrogens is 288 g/mol. The Kier molecular flexibility index (Phi) is 3.98. The lowest BCUT2D eigenvalue weighted by molar-refractivity contribution is 0.102. The van der Waals surface area contributed by atoms with E-state index >= 15 is 0 Å². The van der Waals surface area contributed by atoms with Gasteiger partial charge >= 0.3 is 0 Å². The smallest absolute Gasteiger partial charge is 0.275 e. The van der Waals surface area contributed by atoms with Crippen molar-refractivity contribution in [2.45, 2.75) is 0 Å². The molecule has 0 bridgehead atoms. The quantitative estimate of drug-likeness (QED) is 0.775. The molecule has 7 nitrogen and oxygen atoms in total. The second-order valence-electron chi connectivity index (χ2n) is 4.65. The Morgan fingerprint density at radius 1 is 1.43 bits per heavy atom. The summed E-state index contributed by atoms with van der Waals surface area (Å²) >= 11 is 1.25. The van der Waals surface area contributed by atoms with Crippen molar-refractivity contribution >= 4 is 33.8 Å². The van der Waals surface area contributed by atoms with Gasteiger partial charge in [0, 0.05) is 37.8 Å². The molecule has 1 aliphatic heterocycles. The zero-order chi connectivity index (χ0) is 14.7. The number of hydrogen-bond acceptors (Lipinski definition) is 7. The van der Waals surface area contributed by atoms with Crippen LogP contribution in [0.1, 0.15) is 10.5 Å². The fraction of sp³-hybridized carbons (Fsp3) is 0.308.